The largest absolute Gasteiger partial charge is 0.416 e. The summed E-state index contributed by atoms with van der Waals surface area (Å²) in [5.74, 6) is -1.48. The zero-order valence-electron chi connectivity index (χ0n) is 16.4. The summed E-state index contributed by atoms with van der Waals surface area (Å²) < 4.78 is 79.7. The Labute approximate surface area is 182 Å². The Morgan fingerprint density at radius 3 is 2.19 bits per heavy atom. The van der Waals surface area contributed by atoms with Gasteiger partial charge in [-0.2, -0.15) is 17.9 Å². The van der Waals surface area contributed by atoms with E-state index in [9.17, 15) is 30.8 Å². The highest BCUT2D eigenvalue weighted by Gasteiger charge is 2.31. The third-order valence-corrected chi connectivity index (χ3v) is 5.97. The van der Waals surface area contributed by atoms with E-state index in [1.54, 1.807) is 30.3 Å². The lowest BCUT2D eigenvalue weighted by atomic mass is 10.1. The first-order valence-corrected chi connectivity index (χ1v) is 10.8. The molecule has 0 saturated carbocycles. The SMILES string of the molecule is O=C(Nc1cccc(C(F)(F)F)c1)[C@@H](Cc1ccccc1)NS(=O)(=O)c1ccc(F)cc1. The standard InChI is InChI=1S/C22H18F4N2O3S/c23-17-9-11-19(12-10-17)32(30,31)28-20(13-15-5-2-1-3-6-15)21(29)27-18-8-4-7-16(14-18)22(24,25)26/h1-12,14,20,28H,13H2,(H,27,29)/t20-/m1/s1. The molecule has 0 bridgehead atoms. The normalized spacial score (nSPS) is 12.9. The maximum absolute atomic E-state index is 13.2. The molecule has 0 aliphatic carbocycles. The summed E-state index contributed by atoms with van der Waals surface area (Å²) in [6, 6.07) is 15.2. The molecule has 32 heavy (non-hydrogen) atoms. The Hall–Kier alpha value is -3.24. The zero-order valence-corrected chi connectivity index (χ0v) is 17.3. The second kappa shape index (κ2) is 9.49. The van der Waals surface area contributed by atoms with Crippen molar-refractivity contribution < 1.29 is 30.8 Å². The van der Waals surface area contributed by atoms with Crippen molar-refractivity contribution in [2.45, 2.75) is 23.5 Å². The average molecular weight is 466 g/mol. The molecule has 0 aliphatic rings. The number of carbonyl (C=O) groups is 1. The number of hydrogen-bond acceptors (Lipinski definition) is 3. The van der Waals surface area contributed by atoms with Crippen molar-refractivity contribution in [3.8, 4) is 0 Å². The van der Waals surface area contributed by atoms with E-state index in [2.05, 4.69) is 10.0 Å². The fourth-order valence-electron chi connectivity index (χ4n) is 2.91. The first kappa shape index (κ1) is 23.4. The van der Waals surface area contributed by atoms with Crippen molar-refractivity contribution in [3.05, 3.63) is 95.8 Å². The van der Waals surface area contributed by atoms with Gasteiger partial charge in [0.05, 0.1) is 10.5 Å². The first-order chi connectivity index (χ1) is 15.0. The molecule has 2 N–H and O–H groups in total. The number of nitrogens with one attached hydrogen (secondary N) is 2. The van der Waals surface area contributed by atoms with Gasteiger partial charge in [0.15, 0.2) is 0 Å². The fourth-order valence-corrected chi connectivity index (χ4v) is 4.10. The molecular formula is C22H18F4N2O3S. The summed E-state index contributed by atoms with van der Waals surface area (Å²) in [6.07, 6.45) is -4.67. The van der Waals surface area contributed by atoms with Gasteiger partial charge in [0, 0.05) is 5.69 Å². The van der Waals surface area contributed by atoms with E-state index in [0.717, 1.165) is 42.5 Å². The Morgan fingerprint density at radius 1 is 0.906 bits per heavy atom. The van der Waals surface area contributed by atoms with Crippen molar-refractivity contribution in [3.63, 3.8) is 0 Å². The minimum Gasteiger partial charge on any atom is -0.325 e. The maximum Gasteiger partial charge on any atom is 0.416 e. The maximum atomic E-state index is 13.2. The van der Waals surface area contributed by atoms with Crippen LogP contribution in [-0.4, -0.2) is 20.4 Å². The van der Waals surface area contributed by atoms with Gasteiger partial charge in [-0.15, -0.1) is 0 Å². The van der Waals surface area contributed by atoms with Gasteiger partial charge < -0.3 is 5.32 Å². The highest BCUT2D eigenvalue weighted by Crippen LogP contribution is 2.30. The fraction of sp³-hybridized carbons (Fsp3) is 0.136. The molecule has 1 amide bonds. The van der Waals surface area contributed by atoms with Crippen molar-refractivity contribution in [1.29, 1.82) is 0 Å². The molecule has 0 saturated heterocycles. The number of sulfonamides is 1. The number of amides is 1. The number of hydrogen-bond donors (Lipinski definition) is 2. The Bertz CT molecular complexity index is 1180. The molecule has 10 heteroatoms. The quantitative estimate of drug-likeness (QED) is 0.508. The molecule has 168 valence electrons. The predicted molar refractivity (Wildman–Crippen MR) is 111 cm³/mol. The lowest BCUT2D eigenvalue weighted by Crippen LogP contribution is -2.45. The van der Waals surface area contributed by atoms with E-state index in [4.69, 9.17) is 0 Å². The van der Waals surface area contributed by atoms with Gasteiger partial charge in [0.25, 0.3) is 0 Å². The number of alkyl halides is 3. The van der Waals surface area contributed by atoms with Gasteiger partial charge >= 0.3 is 6.18 Å². The number of benzene rings is 3. The molecule has 0 aromatic heterocycles. The van der Waals surface area contributed by atoms with Gasteiger partial charge in [-0.25, -0.2) is 12.8 Å². The van der Waals surface area contributed by atoms with Crippen LogP contribution in [0.2, 0.25) is 0 Å². The van der Waals surface area contributed by atoms with Crippen molar-refractivity contribution >= 4 is 21.6 Å². The molecule has 0 aliphatic heterocycles. The lowest BCUT2D eigenvalue weighted by molar-refractivity contribution is -0.137. The van der Waals surface area contributed by atoms with Gasteiger partial charge in [0.1, 0.15) is 11.9 Å². The van der Waals surface area contributed by atoms with Crippen LogP contribution in [-0.2, 0) is 27.4 Å². The van der Waals surface area contributed by atoms with Gasteiger partial charge in [-0.1, -0.05) is 36.4 Å². The highest BCUT2D eigenvalue weighted by molar-refractivity contribution is 7.89. The minimum atomic E-state index is -4.60. The van der Waals surface area contributed by atoms with Crippen molar-refractivity contribution in [2.24, 2.45) is 0 Å². The molecule has 0 spiro atoms. The summed E-state index contributed by atoms with van der Waals surface area (Å²) >= 11 is 0. The number of anilines is 1. The Balaban J connectivity index is 1.87. The van der Waals surface area contributed by atoms with Crippen LogP contribution >= 0.6 is 0 Å². The molecular weight excluding hydrogens is 448 g/mol. The van der Waals surface area contributed by atoms with Crippen LogP contribution in [0.1, 0.15) is 11.1 Å². The van der Waals surface area contributed by atoms with Gasteiger partial charge in [-0.3, -0.25) is 4.79 Å². The second-order valence-electron chi connectivity index (χ2n) is 6.89. The van der Waals surface area contributed by atoms with Crippen molar-refractivity contribution in [1.82, 2.24) is 4.72 Å². The lowest BCUT2D eigenvalue weighted by Gasteiger charge is -2.19. The third-order valence-electron chi connectivity index (χ3n) is 4.48. The molecule has 0 unspecified atom stereocenters. The molecule has 1 atom stereocenters. The molecule has 0 radical (unpaired) electrons. The molecule has 5 nitrogen and oxygen atoms in total. The van der Waals surface area contributed by atoms with E-state index in [0.29, 0.717) is 5.56 Å². The number of carbonyl (C=O) groups excluding carboxylic acids is 1. The van der Waals surface area contributed by atoms with E-state index in [1.165, 1.54) is 6.07 Å². The van der Waals surface area contributed by atoms with Crippen LogP contribution in [0.15, 0.2) is 83.8 Å². The zero-order chi connectivity index (χ0) is 23.4. The third kappa shape index (κ3) is 6.14. The second-order valence-corrected chi connectivity index (χ2v) is 8.60. The van der Waals surface area contributed by atoms with Crippen LogP contribution in [0.25, 0.3) is 0 Å². The van der Waals surface area contributed by atoms with E-state index in [1.807, 2.05) is 0 Å². The minimum absolute atomic E-state index is 0.0634. The van der Waals surface area contributed by atoms with E-state index < -0.39 is 39.5 Å². The molecule has 3 rings (SSSR count). The Kier molecular flexibility index (Phi) is 6.95. The van der Waals surface area contributed by atoms with E-state index in [-0.39, 0.29) is 17.0 Å². The number of halogens is 4. The monoisotopic (exact) mass is 466 g/mol. The smallest absolute Gasteiger partial charge is 0.325 e. The van der Waals surface area contributed by atoms with Crippen LogP contribution < -0.4 is 10.0 Å². The molecule has 3 aromatic rings. The molecule has 0 heterocycles. The van der Waals surface area contributed by atoms with Crippen LogP contribution in [0.4, 0.5) is 23.2 Å². The van der Waals surface area contributed by atoms with Crippen LogP contribution in [0.5, 0.6) is 0 Å². The Morgan fingerprint density at radius 2 is 1.56 bits per heavy atom. The molecule has 3 aromatic carbocycles. The topological polar surface area (TPSA) is 75.3 Å². The molecule has 0 fully saturated rings. The van der Waals surface area contributed by atoms with Gasteiger partial charge in [0.2, 0.25) is 15.9 Å². The van der Waals surface area contributed by atoms with Crippen molar-refractivity contribution in [2.75, 3.05) is 5.32 Å². The summed E-state index contributed by atoms with van der Waals surface area (Å²) in [7, 11) is -4.22. The first-order valence-electron chi connectivity index (χ1n) is 9.34. The van der Waals surface area contributed by atoms with Crippen LogP contribution in [0, 0.1) is 5.82 Å². The van der Waals surface area contributed by atoms with Gasteiger partial charge in [-0.05, 0) is 54.4 Å². The van der Waals surface area contributed by atoms with E-state index >= 15 is 0 Å². The summed E-state index contributed by atoms with van der Waals surface area (Å²) in [5.41, 5.74) is -0.468. The number of rotatable bonds is 7. The van der Waals surface area contributed by atoms with Crippen LogP contribution in [0.3, 0.4) is 0 Å². The highest BCUT2D eigenvalue weighted by atomic mass is 32.2. The predicted octanol–water partition coefficient (Wildman–Crippen LogP) is 4.37. The average Bonchev–Trinajstić information content (AvgIpc) is 2.74. The summed E-state index contributed by atoms with van der Waals surface area (Å²) in [5, 5.41) is 2.33. The summed E-state index contributed by atoms with van der Waals surface area (Å²) in [6.45, 7) is 0. The summed E-state index contributed by atoms with van der Waals surface area (Å²) in [4.78, 5) is 12.6.